The maximum atomic E-state index is 12.8. The molecule has 0 unspecified atom stereocenters. The Labute approximate surface area is 165 Å². The number of nitrogens with zero attached hydrogens (tertiary/aromatic N) is 3. The van der Waals surface area contributed by atoms with E-state index in [1.807, 2.05) is 13.8 Å². The summed E-state index contributed by atoms with van der Waals surface area (Å²) in [6.07, 6.45) is 4.05. The van der Waals surface area contributed by atoms with E-state index in [1.54, 1.807) is 42.1 Å². The predicted octanol–water partition coefficient (Wildman–Crippen LogP) is 2.51. The molecule has 2 aromatic rings. The number of aromatic nitrogens is 2. The van der Waals surface area contributed by atoms with E-state index in [1.165, 1.54) is 10.6 Å². The van der Waals surface area contributed by atoms with Crippen LogP contribution in [0.5, 0.6) is 5.75 Å². The van der Waals surface area contributed by atoms with Gasteiger partial charge in [-0.25, -0.2) is 13.4 Å². The maximum absolute atomic E-state index is 12.8. The zero-order chi connectivity index (χ0) is 20.3. The number of rotatable bonds is 6. The summed E-state index contributed by atoms with van der Waals surface area (Å²) in [6, 6.07) is 7.26. The van der Waals surface area contributed by atoms with Crippen molar-refractivity contribution in [2.75, 3.05) is 25.5 Å². The summed E-state index contributed by atoms with van der Waals surface area (Å²) in [5.41, 5.74) is 0.695. The number of piperidine rings is 1. The summed E-state index contributed by atoms with van der Waals surface area (Å²) < 4.78 is 33.9. The molecule has 1 saturated heterocycles. The number of carbonyl (C=O) groups excluding carboxylic acids is 1. The molecule has 8 nitrogen and oxygen atoms in total. The highest BCUT2D eigenvalue weighted by Gasteiger charge is 2.33. The molecule has 1 amide bonds. The third-order valence-corrected chi connectivity index (χ3v) is 6.74. The monoisotopic (exact) mass is 406 g/mol. The topological polar surface area (TPSA) is 93.5 Å². The van der Waals surface area contributed by atoms with Gasteiger partial charge in [-0.2, -0.15) is 4.31 Å². The molecule has 1 aromatic heterocycles. The van der Waals surface area contributed by atoms with Gasteiger partial charge in [-0.3, -0.25) is 4.79 Å². The van der Waals surface area contributed by atoms with E-state index in [0.29, 0.717) is 31.6 Å². The predicted molar refractivity (Wildman–Crippen MR) is 106 cm³/mol. The number of carbonyl (C=O) groups is 1. The fourth-order valence-electron chi connectivity index (χ4n) is 3.14. The molecular weight excluding hydrogens is 380 g/mol. The second kappa shape index (κ2) is 8.32. The van der Waals surface area contributed by atoms with Crippen molar-refractivity contribution in [3.63, 3.8) is 0 Å². The lowest BCUT2D eigenvalue weighted by molar-refractivity contribution is -0.120. The summed E-state index contributed by atoms with van der Waals surface area (Å²) in [4.78, 5) is 16.6. The molecule has 1 N–H and O–H groups in total. The van der Waals surface area contributed by atoms with Crippen LogP contribution in [0.1, 0.15) is 32.7 Å². The highest BCUT2D eigenvalue weighted by atomic mass is 32.2. The van der Waals surface area contributed by atoms with Crippen LogP contribution in [0.15, 0.2) is 41.8 Å². The van der Waals surface area contributed by atoms with Crippen LogP contribution in [0, 0.1) is 5.92 Å². The molecule has 152 valence electrons. The number of anilines is 1. The molecule has 0 saturated carbocycles. The van der Waals surface area contributed by atoms with E-state index in [4.69, 9.17) is 4.74 Å². The fraction of sp³-hybridized carbons (Fsp3) is 0.474. The molecule has 2 heterocycles. The molecule has 0 radical (unpaired) electrons. The van der Waals surface area contributed by atoms with Crippen molar-refractivity contribution < 1.29 is 17.9 Å². The zero-order valence-electron chi connectivity index (χ0n) is 16.3. The number of amides is 1. The van der Waals surface area contributed by atoms with Crippen molar-refractivity contribution in [3.8, 4) is 5.75 Å². The van der Waals surface area contributed by atoms with Gasteiger partial charge in [-0.1, -0.05) is 0 Å². The Balaban J connectivity index is 1.59. The number of sulfonamides is 1. The molecule has 0 spiro atoms. The second-order valence-corrected chi connectivity index (χ2v) is 9.03. The number of imidazole rings is 1. The average Bonchev–Trinajstić information content (AvgIpc) is 3.20. The van der Waals surface area contributed by atoms with Gasteiger partial charge in [0.25, 0.3) is 10.0 Å². The first kappa shape index (κ1) is 20.3. The summed E-state index contributed by atoms with van der Waals surface area (Å²) in [5, 5.41) is 2.94. The molecule has 1 aliphatic rings. The summed E-state index contributed by atoms with van der Waals surface area (Å²) in [7, 11) is -2.05. The number of hydrogen-bond donors (Lipinski definition) is 1. The van der Waals surface area contributed by atoms with Crippen LogP contribution in [0.25, 0.3) is 0 Å². The van der Waals surface area contributed by atoms with Crippen LogP contribution in [-0.2, 0) is 14.8 Å². The minimum absolute atomic E-state index is 0.0577. The Morgan fingerprint density at radius 2 is 1.86 bits per heavy atom. The van der Waals surface area contributed by atoms with Crippen LogP contribution in [0.3, 0.4) is 0 Å². The van der Waals surface area contributed by atoms with Crippen molar-refractivity contribution >= 4 is 21.6 Å². The molecule has 28 heavy (non-hydrogen) atoms. The van der Waals surface area contributed by atoms with Gasteiger partial charge < -0.3 is 14.6 Å². The molecule has 3 rings (SSSR count). The normalized spacial score (nSPS) is 16.3. The second-order valence-electron chi connectivity index (χ2n) is 7.15. The maximum Gasteiger partial charge on any atom is 0.262 e. The van der Waals surface area contributed by atoms with Crippen molar-refractivity contribution in [2.45, 2.75) is 37.8 Å². The van der Waals surface area contributed by atoms with Gasteiger partial charge in [0.15, 0.2) is 5.03 Å². The highest BCUT2D eigenvalue weighted by Crippen LogP contribution is 2.25. The number of hydrogen-bond acceptors (Lipinski definition) is 5. The van der Waals surface area contributed by atoms with Crippen LogP contribution in [0.4, 0.5) is 5.69 Å². The van der Waals surface area contributed by atoms with Crippen molar-refractivity contribution in [2.24, 2.45) is 5.92 Å². The van der Waals surface area contributed by atoms with E-state index in [0.717, 1.165) is 5.75 Å². The van der Waals surface area contributed by atoms with E-state index >= 15 is 0 Å². The van der Waals surface area contributed by atoms with Crippen LogP contribution >= 0.6 is 0 Å². The van der Waals surface area contributed by atoms with Gasteiger partial charge >= 0.3 is 0 Å². The molecule has 0 atom stereocenters. The van der Waals surface area contributed by atoms with E-state index in [9.17, 15) is 13.2 Å². The average molecular weight is 407 g/mol. The fourth-order valence-corrected chi connectivity index (χ4v) is 4.53. The Bertz CT molecular complexity index is 914. The number of ether oxygens (including phenoxy) is 1. The quantitative estimate of drug-likeness (QED) is 0.796. The molecule has 1 aromatic carbocycles. The Hall–Kier alpha value is -2.39. The number of methoxy groups -OCH3 is 1. The molecule has 0 bridgehead atoms. The van der Waals surface area contributed by atoms with Crippen molar-refractivity contribution in [3.05, 3.63) is 36.8 Å². The molecule has 0 aliphatic carbocycles. The van der Waals surface area contributed by atoms with Crippen LogP contribution in [0.2, 0.25) is 0 Å². The summed E-state index contributed by atoms with van der Waals surface area (Å²) in [5.74, 6) is 0.407. The molecular formula is C19H26N4O4S. The van der Waals surface area contributed by atoms with Crippen molar-refractivity contribution in [1.82, 2.24) is 13.9 Å². The summed E-state index contributed by atoms with van der Waals surface area (Å²) >= 11 is 0. The van der Waals surface area contributed by atoms with E-state index in [-0.39, 0.29) is 22.9 Å². The highest BCUT2D eigenvalue weighted by molar-refractivity contribution is 7.89. The molecule has 1 aliphatic heterocycles. The third-order valence-electron chi connectivity index (χ3n) is 4.96. The molecule has 1 fully saturated rings. The first-order valence-corrected chi connectivity index (χ1v) is 10.7. The van der Waals surface area contributed by atoms with Gasteiger partial charge in [0.2, 0.25) is 5.91 Å². The molecule has 9 heteroatoms. The number of benzene rings is 1. The van der Waals surface area contributed by atoms with E-state index in [2.05, 4.69) is 10.3 Å². The minimum Gasteiger partial charge on any atom is -0.497 e. The van der Waals surface area contributed by atoms with E-state index < -0.39 is 10.0 Å². The lowest BCUT2D eigenvalue weighted by Crippen LogP contribution is -2.41. The lowest BCUT2D eigenvalue weighted by Gasteiger charge is -2.29. The van der Waals surface area contributed by atoms with Gasteiger partial charge in [0.1, 0.15) is 5.75 Å². The third kappa shape index (κ3) is 4.36. The summed E-state index contributed by atoms with van der Waals surface area (Å²) in [6.45, 7) is 4.53. The zero-order valence-corrected chi connectivity index (χ0v) is 17.1. The SMILES string of the molecule is COc1ccc(NC(=O)C2CCN(S(=O)(=O)c3cn(C(C)C)cn3)CC2)cc1. The standard InChI is InChI=1S/C19H26N4O4S/c1-14(2)22-12-18(20-13-22)28(25,26)23-10-8-15(9-11-23)19(24)21-16-4-6-17(27-3)7-5-16/h4-7,12-15H,8-11H2,1-3H3,(H,21,24). The Kier molecular flexibility index (Phi) is 6.04. The smallest absolute Gasteiger partial charge is 0.262 e. The first-order chi connectivity index (χ1) is 13.3. The number of nitrogens with one attached hydrogen (secondary N) is 1. The largest absolute Gasteiger partial charge is 0.497 e. The van der Waals surface area contributed by atoms with Crippen molar-refractivity contribution in [1.29, 1.82) is 0 Å². The Morgan fingerprint density at radius 3 is 2.39 bits per heavy atom. The van der Waals surface area contributed by atoms with Gasteiger partial charge in [0, 0.05) is 36.9 Å². The van der Waals surface area contributed by atoms with Crippen LogP contribution in [-0.4, -0.2) is 48.4 Å². The van der Waals surface area contributed by atoms with Crippen LogP contribution < -0.4 is 10.1 Å². The minimum atomic E-state index is -3.63. The first-order valence-electron chi connectivity index (χ1n) is 9.30. The Morgan fingerprint density at radius 1 is 1.21 bits per heavy atom. The van der Waals surface area contributed by atoms with Gasteiger partial charge in [-0.05, 0) is 51.0 Å². The van der Waals surface area contributed by atoms with Gasteiger partial charge in [-0.15, -0.1) is 0 Å². The van der Waals surface area contributed by atoms with Gasteiger partial charge in [0.05, 0.1) is 13.4 Å². The lowest BCUT2D eigenvalue weighted by atomic mass is 9.97.